The first-order valence-corrected chi connectivity index (χ1v) is 5.59. The van der Waals surface area contributed by atoms with Gasteiger partial charge in [-0.05, 0) is 13.1 Å². The lowest BCUT2D eigenvalue weighted by molar-refractivity contribution is 0.383. The number of halogens is 1. The molecule has 96 valence electrons. The fourth-order valence-corrected chi connectivity index (χ4v) is 1.66. The SMILES string of the molecule is CNCc1ncn(Cc2cccc(OC)c2F)n1. The minimum atomic E-state index is -0.356. The molecule has 6 heteroatoms. The van der Waals surface area contributed by atoms with Crippen molar-refractivity contribution in [3.05, 3.63) is 41.7 Å². The lowest BCUT2D eigenvalue weighted by atomic mass is 10.2. The molecule has 0 unspecified atom stereocenters. The Hall–Kier alpha value is -1.95. The molecule has 0 saturated carbocycles. The van der Waals surface area contributed by atoms with Gasteiger partial charge < -0.3 is 10.1 Å². The predicted molar refractivity (Wildman–Crippen MR) is 64.8 cm³/mol. The fraction of sp³-hybridized carbons (Fsp3) is 0.333. The Morgan fingerprint density at radius 3 is 3.00 bits per heavy atom. The Kier molecular flexibility index (Phi) is 3.88. The molecule has 2 rings (SSSR count). The Morgan fingerprint density at radius 2 is 2.28 bits per heavy atom. The largest absolute Gasteiger partial charge is 0.494 e. The number of benzene rings is 1. The average molecular weight is 250 g/mol. The van der Waals surface area contributed by atoms with Crippen molar-refractivity contribution >= 4 is 0 Å². The predicted octanol–water partition coefficient (Wildman–Crippen LogP) is 1.19. The molecule has 0 spiro atoms. The van der Waals surface area contributed by atoms with Gasteiger partial charge in [0.1, 0.15) is 6.33 Å². The molecule has 0 amide bonds. The summed E-state index contributed by atoms with van der Waals surface area (Å²) in [7, 11) is 3.27. The van der Waals surface area contributed by atoms with E-state index in [0.717, 1.165) is 0 Å². The Balaban J connectivity index is 2.17. The van der Waals surface area contributed by atoms with Crippen molar-refractivity contribution in [2.45, 2.75) is 13.1 Å². The molecular weight excluding hydrogens is 235 g/mol. The third-order valence-corrected chi connectivity index (χ3v) is 2.51. The monoisotopic (exact) mass is 250 g/mol. The van der Waals surface area contributed by atoms with Crippen molar-refractivity contribution in [2.24, 2.45) is 0 Å². The molecule has 5 nitrogen and oxygen atoms in total. The number of aromatic nitrogens is 3. The van der Waals surface area contributed by atoms with Gasteiger partial charge in [-0.2, -0.15) is 5.10 Å². The summed E-state index contributed by atoms with van der Waals surface area (Å²) in [4.78, 5) is 4.11. The van der Waals surface area contributed by atoms with E-state index in [-0.39, 0.29) is 11.6 Å². The van der Waals surface area contributed by atoms with Crippen LogP contribution < -0.4 is 10.1 Å². The third kappa shape index (κ3) is 2.65. The van der Waals surface area contributed by atoms with E-state index in [1.807, 2.05) is 7.05 Å². The molecule has 1 N–H and O–H groups in total. The number of methoxy groups -OCH3 is 1. The van der Waals surface area contributed by atoms with Gasteiger partial charge in [0.2, 0.25) is 0 Å². The highest BCUT2D eigenvalue weighted by Crippen LogP contribution is 2.20. The van der Waals surface area contributed by atoms with Gasteiger partial charge in [-0.25, -0.2) is 14.1 Å². The molecule has 18 heavy (non-hydrogen) atoms. The molecular formula is C12H15FN4O. The molecule has 0 aliphatic rings. The van der Waals surface area contributed by atoms with Crippen molar-refractivity contribution in [3.63, 3.8) is 0 Å². The first kappa shape index (κ1) is 12.5. The molecule has 0 fully saturated rings. The Morgan fingerprint density at radius 1 is 1.44 bits per heavy atom. The highest BCUT2D eigenvalue weighted by Gasteiger charge is 2.09. The van der Waals surface area contributed by atoms with E-state index in [0.29, 0.717) is 24.5 Å². The minimum absolute atomic E-state index is 0.239. The van der Waals surface area contributed by atoms with Crippen molar-refractivity contribution in [1.29, 1.82) is 0 Å². The summed E-state index contributed by atoms with van der Waals surface area (Å²) in [5.74, 6) is 0.564. The van der Waals surface area contributed by atoms with Crippen LogP contribution in [-0.4, -0.2) is 28.9 Å². The molecule has 2 aromatic rings. The maximum absolute atomic E-state index is 13.9. The van der Waals surface area contributed by atoms with Gasteiger partial charge in [-0.1, -0.05) is 12.1 Å². The number of nitrogens with zero attached hydrogens (tertiary/aromatic N) is 3. The second kappa shape index (κ2) is 5.59. The van der Waals surface area contributed by atoms with Crippen LogP contribution >= 0.6 is 0 Å². The van der Waals surface area contributed by atoms with E-state index in [4.69, 9.17) is 4.74 Å². The number of hydrogen-bond donors (Lipinski definition) is 1. The lowest BCUT2D eigenvalue weighted by Crippen LogP contribution is -2.08. The maximum atomic E-state index is 13.9. The Bertz CT molecular complexity index is 527. The Labute approximate surface area is 105 Å². The molecule has 1 aromatic heterocycles. The number of nitrogens with one attached hydrogen (secondary N) is 1. The lowest BCUT2D eigenvalue weighted by Gasteiger charge is -2.06. The van der Waals surface area contributed by atoms with Gasteiger partial charge in [0.05, 0.1) is 20.2 Å². The number of rotatable bonds is 5. The number of ether oxygens (including phenoxy) is 1. The van der Waals surface area contributed by atoms with Gasteiger partial charge in [0.25, 0.3) is 0 Å². The molecule has 0 radical (unpaired) electrons. The normalized spacial score (nSPS) is 10.6. The summed E-state index contributed by atoms with van der Waals surface area (Å²) < 4.78 is 20.5. The van der Waals surface area contributed by atoms with E-state index in [1.54, 1.807) is 29.2 Å². The van der Waals surface area contributed by atoms with Crippen LogP contribution in [0.5, 0.6) is 5.75 Å². The van der Waals surface area contributed by atoms with Crippen LogP contribution in [0.4, 0.5) is 4.39 Å². The minimum Gasteiger partial charge on any atom is -0.494 e. The smallest absolute Gasteiger partial charge is 0.170 e. The molecule has 1 heterocycles. The van der Waals surface area contributed by atoms with E-state index in [1.165, 1.54) is 7.11 Å². The molecule has 0 atom stereocenters. The van der Waals surface area contributed by atoms with Gasteiger partial charge >= 0.3 is 0 Å². The third-order valence-electron chi connectivity index (χ3n) is 2.51. The molecule has 0 bridgehead atoms. The van der Waals surface area contributed by atoms with E-state index in [9.17, 15) is 4.39 Å². The first-order chi connectivity index (χ1) is 8.74. The molecule has 0 saturated heterocycles. The number of hydrogen-bond acceptors (Lipinski definition) is 4. The van der Waals surface area contributed by atoms with Crippen molar-refractivity contribution < 1.29 is 9.13 Å². The summed E-state index contributed by atoms with van der Waals surface area (Å²) >= 11 is 0. The highest BCUT2D eigenvalue weighted by molar-refractivity contribution is 5.31. The van der Waals surface area contributed by atoms with Crippen LogP contribution in [0.1, 0.15) is 11.4 Å². The van der Waals surface area contributed by atoms with Crippen molar-refractivity contribution in [3.8, 4) is 5.75 Å². The highest BCUT2D eigenvalue weighted by atomic mass is 19.1. The first-order valence-electron chi connectivity index (χ1n) is 5.59. The van der Waals surface area contributed by atoms with E-state index in [2.05, 4.69) is 15.4 Å². The molecule has 0 aliphatic heterocycles. The van der Waals surface area contributed by atoms with Crippen LogP contribution in [0.15, 0.2) is 24.5 Å². The van der Waals surface area contributed by atoms with Crippen LogP contribution in [0.3, 0.4) is 0 Å². The van der Waals surface area contributed by atoms with Gasteiger partial charge in [-0.15, -0.1) is 0 Å². The second-order valence-electron chi connectivity index (χ2n) is 3.82. The van der Waals surface area contributed by atoms with Gasteiger partial charge in [0.15, 0.2) is 17.4 Å². The van der Waals surface area contributed by atoms with Crippen LogP contribution in [0.25, 0.3) is 0 Å². The summed E-state index contributed by atoms with van der Waals surface area (Å²) in [6.07, 6.45) is 1.59. The summed E-state index contributed by atoms with van der Waals surface area (Å²) in [6, 6.07) is 5.05. The average Bonchev–Trinajstić information content (AvgIpc) is 2.80. The van der Waals surface area contributed by atoms with Gasteiger partial charge in [0, 0.05) is 5.56 Å². The zero-order chi connectivity index (χ0) is 13.0. The molecule has 1 aromatic carbocycles. The van der Waals surface area contributed by atoms with Crippen LogP contribution in [0, 0.1) is 5.82 Å². The maximum Gasteiger partial charge on any atom is 0.170 e. The summed E-state index contributed by atoms with van der Waals surface area (Å²) in [6.45, 7) is 0.924. The fourth-order valence-electron chi connectivity index (χ4n) is 1.66. The van der Waals surface area contributed by atoms with E-state index < -0.39 is 0 Å². The second-order valence-corrected chi connectivity index (χ2v) is 3.82. The zero-order valence-corrected chi connectivity index (χ0v) is 10.4. The standard InChI is InChI=1S/C12H15FN4O/c1-14-6-11-15-8-17(16-11)7-9-4-3-5-10(18-2)12(9)13/h3-5,8,14H,6-7H2,1-2H3. The van der Waals surface area contributed by atoms with Crippen molar-refractivity contribution in [2.75, 3.05) is 14.2 Å². The quantitative estimate of drug-likeness (QED) is 0.866. The topological polar surface area (TPSA) is 52.0 Å². The zero-order valence-electron chi connectivity index (χ0n) is 10.4. The van der Waals surface area contributed by atoms with E-state index >= 15 is 0 Å². The van der Waals surface area contributed by atoms with Crippen LogP contribution in [0.2, 0.25) is 0 Å². The molecule has 0 aliphatic carbocycles. The summed E-state index contributed by atoms with van der Waals surface area (Å²) in [5.41, 5.74) is 0.523. The van der Waals surface area contributed by atoms with Crippen molar-refractivity contribution in [1.82, 2.24) is 20.1 Å². The summed E-state index contributed by atoms with van der Waals surface area (Å²) in [5, 5.41) is 7.19. The van der Waals surface area contributed by atoms with Crippen LogP contribution in [-0.2, 0) is 13.1 Å². The van der Waals surface area contributed by atoms with Gasteiger partial charge in [-0.3, -0.25) is 0 Å².